The van der Waals surface area contributed by atoms with Gasteiger partial charge in [-0.2, -0.15) is 0 Å². The minimum absolute atomic E-state index is 0.148. The van der Waals surface area contributed by atoms with E-state index in [9.17, 15) is 9.59 Å². The van der Waals surface area contributed by atoms with Gasteiger partial charge in [-0.25, -0.2) is 0 Å². The summed E-state index contributed by atoms with van der Waals surface area (Å²) in [5.74, 6) is -0.552. The van der Waals surface area contributed by atoms with E-state index in [2.05, 4.69) is 27.6 Å². The number of carbonyl (C=O) groups is 2. The third-order valence-electron chi connectivity index (χ3n) is 3.25. The molecule has 0 N–H and O–H groups in total. The Labute approximate surface area is 119 Å². The Kier molecular flexibility index (Phi) is 3.99. The lowest BCUT2D eigenvalue weighted by Gasteiger charge is -2.32. The maximum atomic E-state index is 12.5. The highest BCUT2D eigenvalue weighted by molar-refractivity contribution is 14.1. The number of carbonyl (C=O) groups excluding carboxylic acids is 2. The van der Waals surface area contributed by atoms with Crippen molar-refractivity contribution in [2.24, 2.45) is 5.41 Å². The summed E-state index contributed by atoms with van der Waals surface area (Å²) in [6.45, 7) is 2.05. The van der Waals surface area contributed by atoms with Crippen LogP contribution in [0.5, 0.6) is 0 Å². The van der Waals surface area contributed by atoms with Gasteiger partial charge in [0.2, 0.25) is 0 Å². The van der Waals surface area contributed by atoms with E-state index < -0.39 is 11.4 Å². The second-order valence-corrected chi connectivity index (χ2v) is 5.03. The first-order valence-electron chi connectivity index (χ1n) is 5.87. The van der Waals surface area contributed by atoms with Crippen LogP contribution in [-0.4, -0.2) is 27.8 Å². The van der Waals surface area contributed by atoms with Crippen LogP contribution in [-0.2, 0) is 16.0 Å². The average Bonchev–Trinajstić information content (AvgIpc) is 2.40. The van der Waals surface area contributed by atoms with Crippen molar-refractivity contribution in [3.05, 3.63) is 29.6 Å². The molecule has 0 aliphatic heterocycles. The molecule has 0 fully saturated rings. The van der Waals surface area contributed by atoms with Gasteiger partial charge >= 0.3 is 5.97 Å². The van der Waals surface area contributed by atoms with Gasteiger partial charge in [0.05, 0.1) is 12.3 Å². The van der Waals surface area contributed by atoms with Gasteiger partial charge in [-0.3, -0.25) is 14.6 Å². The molecule has 1 heterocycles. The maximum absolute atomic E-state index is 12.5. The number of fused-ring (bicyclic) bond motifs is 1. The van der Waals surface area contributed by atoms with Gasteiger partial charge in [0, 0.05) is 16.2 Å². The Morgan fingerprint density at radius 2 is 2.39 bits per heavy atom. The zero-order chi connectivity index (χ0) is 13.2. The van der Waals surface area contributed by atoms with E-state index in [0.717, 1.165) is 5.69 Å². The number of hydrogen-bond acceptors (Lipinski definition) is 4. The number of ketones is 1. The van der Waals surface area contributed by atoms with Gasteiger partial charge in [-0.15, -0.1) is 0 Å². The molecule has 96 valence electrons. The smallest absolute Gasteiger partial charge is 0.320 e. The molecule has 0 bridgehead atoms. The summed E-state index contributed by atoms with van der Waals surface area (Å²) >= 11 is 2.09. The third kappa shape index (κ3) is 2.04. The quantitative estimate of drug-likeness (QED) is 0.359. The number of alkyl halides is 1. The summed E-state index contributed by atoms with van der Waals surface area (Å²) < 4.78 is 5.52. The van der Waals surface area contributed by atoms with E-state index in [-0.39, 0.29) is 5.78 Å². The van der Waals surface area contributed by atoms with Crippen LogP contribution in [0.1, 0.15) is 29.4 Å². The number of halogens is 1. The Balaban J connectivity index is 2.42. The van der Waals surface area contributed by atoms with Gasteiger partial charge in [0.1, 0.15) is 5.41 Å². The minimum Gasteiger partial charge on any atom is -0.465 e. The first-order valence-corrected chi connectivity index (χ1v) is 7.40. The number of rotatable bonds is 3. The molecule has 1 aliphatic rings. The van der Waals surface area contributed by atoms with Crippen LogP contribution in [0.25, 0.3) is 0 Å². The SMILES string of the molecule is CCOC(=O)C1(CI)CCc2ncccc2C1=O. The van der Waals surface area contributed by atoms with Crippen molar-refractivity contribution < 1.29 is 14.3 Å². The van der Waals surface area contributed by atoms with E-state index >= 15 is 0 Å². The van der Waals surface area contributed by atoms with E-state index in [1.165, 1.54) is 0 Å². The van der Waals surface area contributed by atoms with Crippen molar-refractivity contribution in [3.8, 4) is 0 Å². The molecule has 0 saturated heterocycles. The van der Waals surface area contributed by atoms with Crippen molar-refractivity contribution in [2.75, 3.05) is 11.0 Å². The molecule has 2 rings (SSSR count). The predicted molar refractivity (Wildman–Crippen MR) is 74.8 cm³/mol. The molecule has 1 atom stereocenters. The Hall–Kier alpha value is -0.980. The third-order valence-corrected chi connectivity index (χ3v) is 4.55. The van der Waals surface area contributed by atoms with Crippen LogP contribution in [0.3, 0.4) is 0 Å². The summed E-state index contributed by atoms with van der Waals surface area (Å²) in [5.41, 5.74) is 0.327. The highest BCUT2D eigenvalue weighted by Gasteiger charge is 2.49. The van der Waals surface area contributed by atoms with Crippen molar-refractivity contribution in [2.45, 2.75) is 19.8 Å². The van der Waals surface area contributed by atoms with E-state index in [4.69, 9.17) is 4.74 Å². The second-order valence-electron chi connectivity index (χ2n) is 4.26. The minimum atomic E-state index is -1.02. The van der Waals surface area contributed by atoms with Crippen LogP contribution in [0, 0.1) is 5.41 Å². The molecule has 0 radical (unpaired) electrons. The molecule has 1 unspecified atom stereocenters. The van der Waals surface area contributed by atoms with E-state index in [0.29, 0.717) is 29.4 Å². The van der Waals surface area contributed by atoms with Crippen molar-refractivity contribution >= 4 is 34.3 Å². The summed E-state index contributed by atoms with van der Waals surface area (Å²) in [5, 5.41) is 0. The summed E-state index contributed by atoms with van der Waals surface area (Å²) in [7, 11) is 0. The zero-order valence-electron chi connectivity index (χ0n) is 10.1. The summed E-state index contributed by atoms with van der Waals surface area (Å²) in [6, 6.07) is 3.47. The van der Waals surface area contributed by atoms with Crippen LogP contribution in [0.15, 0.2) is 18.3 Å². The molecule has 1 aromatic rings. The first-order chi connectivity index (χ1) is 8.65. The van der Waals surface area contributed by atoms with Crippen molar-refractivity contribution in [1.82, 2.24) is 4.98 Å². The molecule has 4 nitrogen and oxygen atoms in total. The summed E-state index contributed by atoms with van der Waals surface area (Å²) in [4.78, 5) is 28.8. The molecule has 0 amide bonds. The summed E-state index contributed by atoms with van der Waals surface area (Å²) in [6.07, 6.45) is 2.80. The normalized spacial score (nSPS) is 22.4. The Bertz CT molecular complexity index is 489. The largest absolute Gasteiger partial charge is 0.465 e. The lowest BCUT2D eigenvalue weighted by Crippen LogP contribution is -2.45. The number of esters is 1. The molecule has 0 spiro atoms. The van der Waals surface area contributed by atoms with Crippen LogP contribution >= 0.6 is 22.6 Å². The fourth-order valence-electron chi connectivity index (χ4n) is 2.19. The highest BCUT2D eigenvalue weighted by Crippen LogP contribution is 2.37. The number of pyridine rings is 1. The van der Waals surface area contributed by atoms with Gasteiger partial charge < -0.3 is 4.74 Å². The fourth-order valence-corrected chi connectivity index (χ4v) is 3.23. The van der Waals surface area contributed by atoms with Gasteiger partial charge in [-0.05, 0) is 31.9 Å². The van der Waals surface area contributed by atoms with Crippen molar-refractivity contribution in [3.63, 3.8) is 0 Å². The Morgan fingerprint density at radius 1 is 1.61 bits per heavy atom. The first kappa shape index (κ1) is 13.5. The second kappa shape index (κ2) is 5.34. The van der Waals surface area contributed by atoms with Crippen LogP contribution in [0.2, 0.25) is 0 Å². The number of aryl methyl sites for hydroxylation is 1. The molecule has 5 heteroatoms. The fraction of sp³-hybridized carbons (Fsp3) is 0.462. The van der Waals surface area contributed by atoms with Crippen LogP contribution < -0.4 is 0 Å². The molecule has 0 saturated carbocycles. The number of Topliss-reactive ketones (excluding diaryl/α,β-unsaturated/α-hetero) is 1. The number of hydrogen-bond donors (Lipinski definition) is 0. The van der Waals surface area contributed by atoms with Crippen molar-refractivity contribution in [1.29, 1.82) is 0 Å². The standard InChI is InChI=1S/C13H14INO3/c1-2-18-12(17)13(8-14)6-5-10-9(11(13)16)4-3-7-15-10/h3-4,7H,2,5-6,8H2,1H3. The number of nitrogens with zero attached hydrogens (tertiary/aromatic N) is 1. The molecular weight excluding hydrogens is 345 g/mol. The number of aromatic nitrogens is 1. The molecular formula is C13H14INO3. The topological polar surface area (TPSA) is 56.3 Å². The van der Waals surface area contributed by atoms with Gasteiger partial charge in [0.25, 0.3) is 0 Å². The maximum Gasteiger partial charge on any atom is 0.320 e. The monoisotopic (exact) mass is 359 g/mol. The zero-order valence-corrected chi connectivity index (χ0v) is 12.3. The molecule has 1 aliphatic carbocycles. The Morgan fingerprint density at radius 3 is 3.06 bits per heavy atom. The van der Waals surface area contributed by atoms with Gasteiger partial charge in [0.15, 0.2) is 5.78 Å². The predicted octanol–water partition coefficient (Wildman–Crippen LogP) is 2.20. The highest BCUT2D eigenvalue weighted by atomic mass is 127. The average molecular weight is 359 g/mol. The molecule has 0 aromatic carbocycles. The number of ether oxygens (including phenoxy) is 1. The van der Waals surface area contributed by atoms with E-state index in [1.54, 1.807) is 25.3 Å². The van der Waals surface area contributed by atoms with Crippen LogP contribution in [0.4, 0.5) is 0 Å². The molecule has 18 heavy (non-hydrogen) atoms. The lowest BCUT2D eigenvalue weighted by molar-refractivity contribution is -0.151. The lowest BCUT2D eigenvalue weighted by atomic mass is 9.73. The molecule has 1 aromatic heterocycles. The van der Waals surface area contributed by atoms with E-state index in [1.807, 2.05) is 0 Å². The van der Waals surface area contributed by atoms with Gasteiger partial charge in [-0.1, -0.05) is 22.6 Å².